The van der Waals surface area contributed by atoms with Gasteiger partial charge in [-0.15, -0.1) is 0 Å². The minimum Gasteiger partial charge on any atom is -0.473 e. The van der Waals surface area contributed by atoms with Gasteiger partial charge in [-0.2, -0.15) is 4.98 Å². The van der Waals surface area contributed by atoms with Crippen molar-refractivity contribution in [3.63, 3.8) is 0 Å². The Morgan fingerprint density at radius 1 is 1.26 bits per heavy atom. The molecule has 7 heteroatoms. The standard InChI is InChI=1S/C16H24ClN3O3/c1-10-6-12(22-14-9-18-8-13(17)19-14)7-11(2)20(10)15(21)23-16(3,4)5/h8-12H,6-7H2,1-5H3/t10-,11-/m1/s1. The largest absolute Gasteiger partial charge is 0.473 e. The van der Waals surface area contributed by atoms with Gasteiger partial charge in [-0.25, -0.2) is 4.79 Å². The molecule has 2 atom stereocenters. The summed E-state index contributed by atoms with van der Waals surface area (Å²) in [6, 6.07) is 0.0384. The fourth-order valence-electron chi connectivity index (χ4n) is 2.84. The number of ether oxygens (including phenoxy) is 2. The van der Waals surface area contributed by atoms with E-state index in [4.69, 9.17) is 21.1 Å². The summed E-state index contributed by atoms with van der Waals surface area (Å²) < 4.78 is 11.4. The number of halogens is 1. The number of likely N-dealkylation sites (tertiary alicyclic amines) is 1. The Hall–Kier alpha value is -1.56. The molecule has 128 valence electrons. The molecule has 0 aromatic carbocycles. The van der Waals surface area contributed by atoms with Gasteiger partial charge in [0.15, 0.2) is 5.15 Å². The number of amides is 1. The van der Waals surface area contributed by atoms with Gasteiger partial charge in [0.1, 0.15) is 11.7 Å². The molecular weight excluding hydrogens is 318 g/mol. The second-order valence-corrected chi connectivity index (χ2v) is 7.36. The first kappa shape index (κ1) is 17.8. The van der Waals surface area contributed by atoms with Gasteiger partial charge in [0, 0.05) is 24.9 Å². The molecule has 0 unspecified atom stereocenters. The molecule has 23 heavy (non-hydrogen) atoms. The number of aromatic nitrogens is 2. The molecule has 2 heterocycles. The second-order valence-electron chi connectivity index (χ2n) is 6.98. The maximum Gasteiger partial charge on any atom is 0.410 e. The van der Waals surface area contributed by atoms with Crippen LogP contribution in [-0.2, 0) is 4.74 Å². The van der Waals surface area contributed by atoms with E-state index in [-0.39, 0.29) is 24.3 Å². The number of carbonyl (C=O) groups is 1. The van der Waals surface area contributed by atoms with E-state index in [0.29, 0.717) is 23.9 Å². The van der Waals surface area contributed by atoms with Crippen LogP contribution in [0.4, 0.5) is 4.79 Å². The zero-order chi connectivity index (χ0) is 17.2. The molecular formula is C16H24ClN3O3. The fraction of sp³-hybridized carbons (Fsp3) is 0.688. The van der Waals surface area contributed by atoms with E-state index >= 15 is 0 Å². The van der Waals surface area contributed by atoms with Crippen LogP contribution in [0.5, 0.6) is 5.88 Å². The van der Waals surface area contributed by atoms with Crippen LogP contribution in [0.2, 0.25) is 5.15 Å². The molecule has 1 aromatic rings. The summed E-state index contributed by atoms with van der Waals surface area (Å²) in [6.07, 6.45) is 4.10. The van der Waals surface area contributed by atoms with Crippen LogP contribution in [0.15, 0.2) is 12.4 Å². The van der Waals surface area contributed by atoms with Crippen LogP contribution in [0.1, 0.15) is 47.5 Å². The Bertz CT molecular complexity index is 550. The topological polar surface area (TPSA) is 64.6 Å². The van der Waals surface area contributed by atoms with Crippen molar-refractivity contribution in [2.75, 3.05) is 0 Å². The van der Waals surface area contributed by atoms with E-state index in [1.165, 1.54) is 6.20 Å². The Kier molecular flexibility index (Phi) is 5.34. The summed E-state index contributed by atoms with van der Waals surface area (Å²) in [7, 11) is 0. The second kappa shape index (κ2) is 6.91. The quantitative estimate of drug-likeness (QED) is 0.820. The molecule has 0 N–H and O–H groups in total. The lowest BCUT2D eigenvalue weighted by Crippen LogP contribution is -2.53. The van der Waals surface area contributed by atoms with Crippen molar-refractivity contribution in [3.8, 4) is 5.88 Å². The van der Waals surface area contributed by atoms with Gasteiger partial charge in [-0.05, 0) is 34.6 Å². The number of hydrogen-bond donors (Lipinski definition) is 0. The highest BCUT2D eigenvalue weighted by molar-refractivity contribution is 6.29. The van der Waals surface area contributed by atoms with E-state index in [2.05, 4.69) is 9.97 Å². The molecule has 0 saturated carbocycles. The maximum absolute atomic E-state index is 12.4. The van der Waals surface area contributed by atoms with Gasteiger partial charge in [0.05, 0.1) is 12.4 Å². The van der Waals surface area contributed by atoms with Gasteiger partial charge >= 0.3 is 6.09 Å². The van der Waals surface area contributed by atoms with Gasteiger partial charge < -0.3 is 14.4 Å². The zero-order valence-electron chi connectivity index (χ0n) is 14.2. The Morgan fingerprint density at radius 2 is 1.87 bits per heavy atom. The van der Waals surface area contributed by atoms with Crippen LogP contribution < -0.4 is 4.74 Å². The molecule has 6 nitrogen and oxygen atoms in total. The van der Waals surface area contributed by atoms with E-state index in [1.54, 1.807) is 11.1 Å². The highest BCUT2D eigenvalue weighted by atomic mass is 35.5. The van der Waals surface area contributed by atoms with Crippen LogP contribution in [0.25, 0.3) is 0 Å². The first-order valence-corrected chi connectivity index (χ1v) is 8.19. The van der Waals surface area contributed by atoms with E-state index < -0.39 is 5.60 Å². The molecule has 1 aliphatic heterocycles. The number of nitrogens with zero attached hydrogens (tertiary/aromatic N) is 3. The molecule has 1 amide bonds. The predicted molar refractivity (Wildman–Crippen MR) is 87.7 cm³/mol. The zero-order valence-corrected chi connectivity index (χ0v) is 15.0. The number of carbonyl (C=O) groups excluding carboxylic acids is 1. The Morgan fingerprint density at radius 3 is 2.39 bits per heavy atom. The molecule has 2 rings (SSSR count). The molecule has 1 saturated heterocycles. The monoisotopic (exact) mass is 341 g/mol. The Balaban J connectivity index is 2.00. The molecule has 0 spiro atoms. The van der Waals surface area contributed by atoms with Crippen molar-refractivity contribution in [1.82, 2.24) is 14.9 Å². The van der Waals surface area contributed by atoms with Crippen LogP contribution in [0.3, 0.4) is 0 Å². The third-order valence-corrected chi connectivity index (χ3v) is 3.81. The van der Waals surface area contributed by atoms with Crippen LogP contribution in [0, 0.1) is 0 Å². The van der Waals surface area contributed by atoms with Crippen molar-refractivity contribution < 1.29 is 14.3 Å². The number of piperidine rings is 1. The van der Waals surface area contributed by atoms with Gasteiger partial charge in [-0.3, -0.25) is 4.98 Å². The third-order valence-electron chi connectivity index (χ3n) is 3.63. The first-order valence-electron chi connectivity index (χ1n) is 7.81. The van der Waals surface area contributed by atoms with E-state index in [1.807, 2.05) is 34.6 Å². The van der Waals surface area contributed by atoms with Gasteiger partial charge in [0.25, 0.3) is 0 Å². The average Bonchev–Trinajstić information content (AvgIpc) is 2.35. The SMILES string of the molecule is C[C@@H]1CC(Oc2cncc(Cl)n2)C[C@@H](C)N1C(=O)OC(C)(C)C. The van der Waals surface area contributed by atoms with Crippen molar-refractivity contribution in [1.29, 1.82) is 0 Å². The molecule has 1 aliphatic rings. The molecule has 1 fully saturated rings. The average molecular weight is 342 g/mol. The predicted octanol–water partition coefficient (Wildman–Crippen LogP) is 3.69. The highest BCUT2D eigenvalue weighted by Crippen LogP contribution is 2.28. The Labute approximate surface area is 142 Å². The summed E-state index contributed by atoms with van der Waals surface area (Å²) in [5, 5.41) is 0.301. The van der Waals surface area contributed by atoms with E-state index in [9.17, 15) is 4.79 Å². The van der Waals surface area contributed by atoms with Crippen molar-refractivity contribution >= 4 is 17.7 Å². The summed E-state index contributed by atoms with van der Waals surface area (Å²) in [6.45, 7) is 9.61. The lowest BCUT2D eigenvalue weighted by atomic mass is 9.95. The minimum absolute atomic E-state index is 0.0192. The summed E-state index contributed by atoms with van der Waals surface area (Å²) in [4.78, 5) is 22.2. The van der Waals surface area contributed by atoms with E-state index in [0.717, 1.165) is 0 Å². The van der Waals surface area contributed by atoms with Crippen molar-refractivity contribution in [2.24, 2.45) is 0 Å². The summed E-state index contributed by atoms with van der Waals surface area (Å²) in [5.41, 5.74) is -0.500. The fourth-order valence-corrected chi connectivity index (χ4v) is 2.98. The third kappa shape index (κ3) is 4.96. The molecule has 0 bridgehead atoms. The summed E-state index contributed by atoms with van der Waals surface area (Å²) >= 11 is 5.82. The number of rotatable bonds is 2. The van der Waals surface area contributed by atoms with Gasteiger partial charge in [-0.1, -0.05) is 11.6 Å². The summed E-state index contributed by atoms with van der Waals surface area (Å²) in [5.74, 6) is 0.410. The first-order chi connectivity index (χ1) is 10.7. The smallest absolute Gasteiger partial charge is 0.410 e. The van der Waals surface area contributed by atoms with Crippen molar-refractivity contribution in [2.45, 2.75) is 71.2 Å². The molecule has 1 aromatic heterocycles. The number of hydrogen-bond acceptors (Lipinski definition) is 5. The van der Waals surface area contributed by atoms with Crippen molar-refractivity contribution in [3.05, 3.63) is 17.5 Å². The van der Waals surface area contributed by atoms with Crippen LogP contribution >= 0.6 is 11.6 Å². The lowest BCUT2D eigenvalue weighted by molar-refractivity contribution is -0.0185. The minimum atomic E-state index is -0.500. The van der Waals surface area contributed by atoms with Gasteiger partial charge in [0.2, 0.25) is 5.88 Å². The normalized spacial score (nSPS) is 25.1. The highest BCUT2D eigenvalue weighted by Gasteiger charge is 2.37. The molecule has 0 aliphatic carbocycles. The maximum atomic E-state index is 12.4. The lowest BCUT2D eigenvalue weighted by Gasteiger charge is -2.42. The van der Waals surface area contributed by atoms with Crippen LogP contribution in [-0.4, -0.2) is 44.7 Å². The molecule has 0 radical (unpaired) electrons.